The molecule has 1 aliphatic rings. The van der Waals surface area contributed by atoms with Crippen LogP contribution in [0.1, 0.15) is 10.4 Å². The summed E-state index contributed by atoms with van der Waals surface area (Å²) in [5, 5.41) is 3.02. The Bertz CT molecular complexity index is 1100. The van der Waals surface area contributed by atoms with Crippen LogP contribution in [0.2, 0.25) is 10.3 Å². The van der Waals surface area contributed by atoms with Crippen molar-refractivity contribution in [1.29, 1.82) is 0 Å². The van der Waals surface area contributed by atoms with Crippen molar-refractivity contribution in [2.24, 2.45) is 0 Å². The number of rotatable bonds is 3. The number of imidazole rings is 1. The maximum atomic E-state index is 12.8. The number of carbonyl (C=O) groups is 2. The summed E-state index contributed by atoms with van der Waals surface area (Å²) in [6.45, 7) is -0.0741. The molecular formula is C18H13Cl2N5O3. The zero-order valence-corrected chi connectivity index (χ0v) is 16.0. The molecule has 0 radical (unpaired) electrons. The minimum atomic E-state index is -0.351. The topological polar surface area (TPSA) is 89.4 Å². The fraction of sp³-hybridized carbons (Fsp3) is 0.111. The number of anilines is 2. The van der Waals surface area contributed by atoms with Gasteiger partial charge in [0.25, 0.3) is 5.91 Å². The van der Waals surface area contributed by atoms with E-state index < -0.39 is 0 Å². The smallest absolute Gasteiger partial charge is 0.262 e. The Kier molecular flexibility index (Phi) is 4.66. The van der Waals surface area contributed by atoms with Gasteiger partial charge in [0.15, 0.2) is 5.15 Å². The molecule has 1 aromatic carbocycles. The fourth-order valence-corrected chi connectivity index (χ4v) is 3.09. The third-order valence-electron chi connectivity index (χ3n) is 4.16. The summed E-state index contributed by atoms with van der Waals surface area (Å²) in [5.74, 6) is 0.0655. The van der Waals surface area contributed by atoms with Gasteiger partial charge in [0.2, 0.25) is 11.8 Å². The molecule has 4 rings (SSSR count). The van der Waals surface area contributed by atoms with Gasteiger partial charge in [-0.1, -0.05) is 23.2 Å². The average molecular weight is 418 g/mol. The molecule has 1 N–H and O–H groups in total. The fourth-order valence-electron chi connectivity index (χ4n) is 2.78. The van der Waals surface area contributed by atoms with E-state index in [2.05, 4.69) is 15.3 Å². The molecular weight excluding hydrogens is 405 g/mol. The molecule has 0 saturated heterocycles. The Morgan fingerprint density at radius 1 is 1.25 bits per heavy atom. The normalized spacial score (nSPS) is 12.7. The van der Waals surface area contributed by atoms with Crippen LogP contribution >= 0.6 is 23.2 Å². The second-order valence-corrected chi connectivity index (χ2v) is 6.72. The number of amides is 2. The summed E-state index contributed by atoms with van der Waals surface area (Å²) in [4.78, 5) is 34.6. The Hall–Kier alpha value is -3.10. The first-order valence-corrected chi connectivity index (χ1v) is 8.90. The van der Waals surface area contributed by atoms with Gasteiger partial charge in [0, 0.05) is 18.9 Å². The number of fused-ring (bicyclic) bond motifs is 2. The lowest BCUT2D eigenvalue weighted by molar-refractivity contribution is -0.116. The quantitative estimate of drug-likeness (QED) is 0.702. The summed E-state index contributed by atoms with van der Waals surface area (Å²) in [5.41, 5.74) is 1.30. The largest absolute Gasteiger partial charge is 0.436 e. The summed E-state index contributed by atoms with van der Waals surface area (Å²) in [6.07, 6.45) is 2.96. The molecule has 2 aromatic heterocycles. The van der Waals surface area contributed by atoms with Gasteiger partial charge in [0.05, 0.1) is 11.9 Å². The number of benzene rings is 1. The third kappa shape index (κ3) is 3.28. The van der Waals surface area contributed by atoms with Gasteiger partial charge in [-0.3, -0.25) is 9.59 Å². The number of hydrogen-bond acceptors (Lipinski definition) is 5. The Labute approximate surface area is 169 Å². The molecule has 28 heavy (non-hydrogen) atoms. The van der Waals surface area contributed by atoms with Gasteiger partial charge in [-0.2, -0.15) is 0 Å². The van der Waals surface area contributed by atoms with Crippen LogP contribution in [0.5, 0.6) is 11.6 Å². The molecule has 0 spiro atoms. The van der Waals surface area contributed by atoms with Crippen LogP contribution in [-0.2, 0) is 11.3 Å². The van der Waals surface area contributed by atoms with E-state index >= 15 is 0 Å². The van der Waals surface area contributed by atoms with Gasteiger partial charge >= 0.3 is 0 Å². The van der Waals surface area contributed by atoms with Gasteiger partial charge in [-0.05, 0) is 30.3 Å². The molecule has 1 aliphatic heterocycles. The van der Waals surface area contributed by atoms with E-state index in [1.165, 1.54) is 15.8 Å². The van der Waals surface area contributed by atoms with Crippen LogP contribution in [0.25, 0.3) is 0 Å². The molecule has 0 atom stereocenters. The van der Waals surface area contributed by atoms with Crippen LogP contribution in [0, 0.1) is 0 Å². The minimum Gasteiger partial charge on any atom is -0.436 e. The first-order valence-electron chi connectivity index (χ1n) is 8.15. The average Bonchev–Trinajstić information content (AvgIpc) is 2.95. The number of halogens is 2. The molecule has 0 saturated carbocycles. The molecule has 10 heteroatoms. The highest BCUT2D eigenvalue weighted by Gasteiger charge is 2.26. The second-order valence-electron chi connectivity index (χ2n) is 6.01. The molecule has 0 bridgehead atoms. The van der Waals surface area contributed by atoms with Crippen molar-refractivity contribution in [2.75, 3.05) is 17.3 Å². The van der Waals surface area contributed by atoms with Gasteiger partial charge in [-0.15, -0.1) is 0 Å². The Morgan fingerprint density at radius 2 is 2.07 bits per heavy atom. The Morgan fingerprint density at radius 3 is 2.82 bits per heavy atom. The highest BCUT2D eigenvalue weighted by Crippen LogP contribution is 2.37. The molecule has 0 unspecified atom stereocenters. The molecule has 0 fully saturated rings. The number of carbonyl (C=O) groups excluding carboxylic acids is 2. The van der Waals surface area contributed by atoms with Crippen molar-refractivity contribution in [3.8, 4) is 11.6 Å². The zero-order chi connectivity index (χ0) is 19.8. The van der Waals surface area contributed by atoms with Crippen LogP contribution in [-0.4, -0.2) is 33.4 Å². The summed E-state index contributed by atoms with van der Waals surface area (Å²) < 4.78 is 7.20. The van der Waals surface area contributed by atoms with Crippen LogP contribution in [0.4, 0.5) is 11.4 Å². The third-order valence-corrected chi connectivity index (χ3v) is 4.93. The molecule has 2 amide bonds. The molecule has 0 aliphatic carbocycles. The van der Waals surface area contributed by atoms with E-state index in [1.54, 1.807) is 43.6 Å². The first kappa shape index (κ1) is 18.3. The van der Waals surface area contributed by atoms with Crippen molar-refractivity contribution in [1.82, 2.24) is 14.5 Å². The van der Waals surface area contributed by atoms with Crippen molar-refractivity contribution in [3.05, 3.63) is 58.7 Å². The number of nitrogens with zero attached hydrogens (tertiary/aromatic N) is 4. The van der Waals surface area contributed by atoms with E-state index in [-0.39, 0.29) is 28.7 Å². The first-order chi connectivity index (χ1) is 13.4. The highest BCUT2D eigenvalue weighted by molar-refractivity contribution is 6.40. The number of ether oxygens (including phenoxy) is 1. The maximum absolute atomic E-state index is 12.8. The van der Waals surface area contributed by atoms with Crippen LogP contribution in [0.15, 0.2) is 42.9 Å². The molecule has 8 nitrogen and oxygen atoms in total. The van der Waals surface area contributed by atoms with Gasteiger partial charge in [-0.25, -0.2) is 9.97 Å². The number of pyridine rings is 1. The van der Waals surface area contributed by atoms with Crippen molar-refractivity contribution in [3.63, 3.8) is 0 Å². The highest BCUT2D eigenvalue weighted by atomic mass is 35.5. The number of hydrogen-bond donors (Lipinski definition) is 1. The molecule has 3 heterocycles. The zero-order valence-electron chi connectivity index (χ0n) is 14.5. The van der Waals surface area contributed by atoms with E-state index in [1.807, 2.05) is 0 Å². The van der Waals surface area contributed by atoms with Crippen molar-refractivity contribution in [2.45, 2.75) is 6.54 Å². The van der Waals surface area contributed by atoms with E-state index in [9.17, 15) is 9.59 Å². The SMILES string of the molecule is CN1C(=O)c2cc(NC(=O)Cn3cnc(Cl)c3Cl)ccc2Oc2ncccc21. The van der Waals surface area contributed by atoms with Crippen LogP contribution in [0.3, 0.4) is 0 Å². The standard InChI is InChI=1S/C18H13Cl2N5O3/c1-24-12-3-2-6-21-17(12)28-13-5-4-10(7-11(13)18(24)27)23-14(26)8-25-9-22-15(19)16(25)20/h2-7,9H,8H2,1H3,(H,23,26). The summed E-state index contributed by atoms with van der Waals surface area (Å²) in [7, 11) is 1.64. The van der Waals surface area contributed by atoms with E-state index in [0.29, 0.717) is 28.6 Å². The van der Waals surface area contributed by atoms with Crippen molar-refractivity contribution < 1.29 is 14.3 Å². The van der Waals surface area contributed by atoms with E-state index in [4.69, 9.17) is 27.9 Å². The number of nitrogens with one attached hydrogen (secondary N) is 1. The monoisotopic (exact) mass is 417 g/mol. The number of aromatic nitrogens is 3. The lowest BCUT2D eigenvalue weighted by Gasteiger charge is -2.15. The van der Waals surface area contributed by atoms with Gasteiger partial charge < -0.3 is 19.5 Å². The lowest BCUT2D eigenvalue weighted by atomic mass is 10.1. The van der Waals surface area contributed by atoms with Crippen LogP contribution < -0.4 is 15.0 Å². The van der Waals surface area contributed by atoms with E-state index in [0.717, 1.165) is 0 Å². The molecule has 142 valence electrons. The van der Waals surface area contributed by atoms with Crippen molar-refractivity contribution >= 4 is 46.4 Å². The summed E-state index contributed by atoms with van der Waals surface area (Å²) in [6, 6.07) is 8.28. The van der Waals surface area contributed by atoms with Gasteiger partial charge in [0.1, 0.15) is 23.1 Å². The molecule has 3 aromatic rings. The summed E-state index contributed by atoms with van der Waals surface area (Å²) >= 11 is 11.7. The minimum absolute atomic E-state index is 0.0741. The maximum Gasteiger partial charge on any atom is 0.262 e. The Balaban J connectivity index is 1.58. The predicted molar refractivity (Wildman–Crippen MR) is 104 cm³/mol. The predicted octanol–water partition coefficient (Wildman–Crippen LogP) is 3.61. The lowest BCUT2D eigenvalue weighted by Crippen LogP contribution is -2.25. The second kappa shape index (κ2) is 7.14.